The van der Waals surface area contributed by atoms with Crippen molar-refractivity contribution in [1.82, 2.24) is 4.90 Å². The van der Waals surface area contributed by atoms with Gasteiger partial charge in [0.1, 0.15) is 0 Å². The highest BCUT2D eigenvalue weighted by Crippen LogP contribution is 2.36. The second-order valence-corrected chi connectivity index (χ2v) is 6.33. The predicted molar refractivity (Wildman–Crippen MR) is 78.2 cm³/mol. The number of aliphatic hydroxyl groups is 1. The molecule has 0 unspecified atom stereocenters. The predicted octanol–water partition coefficient (Wildman–Crippen LogP) is 3.03. The Labute approximate surface area is 116 Å². The molecule has 0 amide bonds. The Kier molecular flexibility index (Phi) is 4.19. The van der Waals surface area contributed by atoms with Crippen molar-refractivity contribution in [3.8, 4) is 0 Å². The summed E-state index contributed by atoms with van der Waals surface area (Å²) >= 11 is 0. The van der Waals surface area contributed by atoms with E-state index in [1.807, 2.05) is 0 Å². The normalized spacial score (nSPS) is 32.6. The second-order valence-electron chi connectivity index (χ2n) is 6.33. The van der Waals surface area contributed by atoms with Crippen molar-refractivity contribution in [3.05, 3.63) is 35.9 Å². The minimum absolute atomic E-state index is 0.0688. The highest BCUT2D eigenvalue weighted by atomic mass is 16.3. The van der Waals surface area contributed by atoms with E-state index in [4.69, 9.17) is 0 Å². The molecule has 0 bridgehead atoms. The first-order chi connectivity index (χ1) is 9.31. The van der Waals surface area contributed by atoms with E-state index in [-0.39, 0.29) is 6.10 Å². The van der Waals surface area contributed by atoms with Gasteiger partial charge < -0.3 is 10.0 Å². The molecule has 2 aliphatic rings. The summed E-state index contributed by atoms with van der Waals surface area (Å²) in [6.45, 7) is 3.21. The van der Waals surface area contributed by atoms with E-state index < -0.39 is 0 Å². The first-order valence-electron chi connectivity index (χ1n) is 7.76. The number of rotatable bonds is 3. The molecule has 1 aliphatic heterocycles. The first kappa shape index (κ1) is 13.1. The number of hydrogen-bond donors (Lipinski definition) is 1. The van der Waals surface area contributed by atoms with E-state index in [1.54, 1.807) is 0 Å². The van der Waals surface area contributed by atoms with Gasteiger partial charge in [0, 0.05) is 19.6 Å². The Hall–Kier alpha value is -0.860. The lowest BCUT2D eigenvalue weighted by molar-refractivity contribution is 0.162. The van der Waals surface area contributed by atoms with E-state index in [0.29, 0.717) is 0 Å². The Balaban J connectivity index is 1.47. The van der Waals surface area contributed by atoms with Crippen molar-refractivity contribution in [1.29, 1.82) is 0 Å². The average molecular weight is 259 g/mol. The van der Waals surface area contributed by atoms with Crippen LogP contribution >= 0.6 is 0 Å². The molecule has 1 aromatic carbocycles. The molecule has 1 saturated carbocycles. The van der Waals surface area contributed by atoms with Crippen LogP contribution in [0.15, 0.2) is 30.3 Å². The van der Waals surface area contributed by atoms with Gasteiger partial charge in [0.15, 0.2) is 0 Å². The lowest BCUT2D eigenvalue weighted by Crippen LogP contribution is -2.30. The third-order valence-electron chi connectivity index (χ3n) is 4.88. The summed E-state index contributed by atoms with van der Waals surface area (Å²) in [5.74, 6) is 1.63. The van der Waals surface area contributed by atoms with Gasteiger partial charge in [0.2, 0.25) is 0 Å². The van der Waals surface area contributed by atoms with Crippen LogP contribution < -0.4 is 0 Å². The van der Waals surface area contributed by atoms with Crippen molar-refractivity contribution in [3.63, 3.8) is 0 Å². The van der Waals surface area contributed by atoms with Crippen LogP contribution in [-0.4, -0.2) is 35.7 Å². The van der Waals surface area contributed by atoms with Crippen LogP contribution in [0.5, 0.6) is 0 Å². The zero-order chi connectivity index (χ0) is 13.1. The van der Waals surface area contributed by atoms with Gasteiger partial charge in [-0.2, -0.15) is 0 Å². The van der Waals surface area contributed by atoms with Crippen LogP contribution in [0.3, 0.4) is 0 Å². The largest absolute Gasteiger partial charge is 0.392 e. The van der Waals surface area contributed by atoms with Crippen molar-refractivity contribution in [2.24, 2.45) is 5.92 Å². The zero-order valence-electron chi connectivity index (χ0n) is 11.7. The van der Waals surface area contributed by atoms with Gasteiger partial charge in [-0.25, -0.2) is 0 Å². The van der Waals surface area contributed by atoms with Gasteiger partial charge >= 0.3 is 0 Å². The quantitative estimate of drug-likeness (QED) is 0.902. The molecule has 3 rings (SSSR count). The minimum Gasteiger partial charge on any atom is -0.392 e. The van der Waals surface area contributed by atoms with Crippen LogP contribution in [-0.2, 0) is 0 Å². The smallest absolute Gasteiger partial charge is 0.0679 e. The number of hydrogen-bond acceptors (Lipinski definition) is 2. The summed E-state index contributed by atoms with van der Waals surface area (Å²) < 4.78 is 0. The van der Waals surface area contributed by atoms with Crippen molar-refractivity contribution in [2.45, 2.75) is 44.1 Å². The Morgan fingerprint density at radius 3 is 2.37 bits per heavy atom. The molecule has 1 saturated heterocycles. The Morgan fingerprint density at radius 1 is 1.00 bits per heavy atom. The third kappa shape index (κ3) is 3.37. The van der Waals surface area contributed by atoms with Gasteiger partial charge in [0.05, 0.1) is 6.10 Å². The van der Waals surface area contributed by atoms with E-state index in [9.17, 15) is 5.11 Å². The second kappa shape index (κ2) is 6.06. The fraction of sp³-hybridized carbons (Fsp3) is 0.647. The van der Waals surface area contributed by atoms with Gasteiger partial charge in [0.25, 0.3) is 0 Å². The maximum atomic E-state index is 9.58. The van der Waals surface area contributed by atoms with Crippen LogP contribution in [0.2, 0.25) is 0 Å². The molecule has 2 nitrogen and oxygen atoms in total. The van der Waals surface area contributed by atoms with Crippen molar-refractivity contribution in [2.75, 3.05) is 19.6 Å². The maximum absolute atomic E-state index is 9.58. The lowest BCUT2D eigenvalue weighted by atomic mass is 9.78. The number of benzene rings is 1. The number of β-amino-alcohol motifs (C(OH)–C–C–N with tert-alkyl or cyclic N) is 1. The molecule has 2 heteroatoms. The van der Waals surface area contributed by atoms with E-state index in [0.717, 1.165) is 31.3 Å². The Morgan fingerprint density at radius 2 is 1.74 bits per heavy atom. The molecule has 1 heterocycles. The fourth-order valence-electron chi connectivity index (χ4n) is 3.75. The zero-order valence-corrected chi connectivity index (χ0v) is 11.7. The monoisotopic (exact) mass is 259 g/mol. The molecule has 1 aliphatic carbocycles. The molecular weight excluding hydrogens is 234 g/mol. The number of aliphatic hydroxyl groups excluding tert-OH is 1. The molecule has 1 aromatic rings. The standard InChI is InChI=1S/C17H25NO/c19-17-10-11-18(13-17)12-14-6-8-16(9-7-14)15-4-2-1-3-5-15/h1-5,14,16-17,19H,6-13H2/t14?,16?,17-/m0/s1. The molecular formula is C17H25NO. The topological polar surface area (TPSA) is 23.5 Å². The first-order valence-corrected chi connectivity index (χ1v) is 7.76. The maximum Gasteiger partial charge on any atom is 0.0679 e. The molecule has 19 heavy (non-hydrogen) atoms. The molecule has 0 radical (unpaired) electrons. The highest BCUT2D eigenvalue weighted by molar-refractivity contribution is 5.19. The fourth-order valence-corrected chi connectivity index (χ4v) is 3.75. The SMILES string of the molecule is O[C@H]1CCN(CC2CCC(c3ccccc3)CC2)C1. The van der Waals surface area contributed by atoms with Gasteiger partial charge in [-0.3, -0.25) is 0 Å². The minimum atomic E-state index is -0.0688. The molecule has 0 aromatic heterocycles. The third-order valence-corrected chi connectivity index (χ3v) is 4.88. The van der Waals surface area contributed by atoms with Crippen LogP contribution in [0.4, 0.5) is 0 Å². The number of nitrogens with zero attached hydrogens (tertiary/aromatic N) is 1. The molecule has 2 fully saturated rings. The Bertz CT molecular complexity index is 384. The van der Waals surface area contributed by atoms with Crippen molar-refractivity contribution < 1.29 is 5.11 Å². The molecule has 1 N–H and O–H groups in total. The van der Waals surface area contributed by atoms with Crippen LogP contribution in [0, 0.1) is 5.92 Å². The van der Waals surface area contributed by atoms with Gasteiger partial charge in [-0.1, -0.05) is 30.3 Å². The van der Waals surface area contributed by atoms with E-state index in [2.05, 4.69) is 35.2 Å². The van der Waals surface area contributed by atoms with Crippen molar-refractivity contribution >= 4 is 0 Å². The highest BCUT2D eigenvalue weighted by Gasteiger charge is 2.26. The summed E-state index contributed by atoms with van der Waals surface area (Å²) in [6, 6.07) is 11.0. The summed E-state index contributed by atoms with van der Waals surface area (Å²) in [5.41, 5.74) is 1.53. The van der Waals surface area contributed by atoms with Gasteiger partial charge in [-0.05, 0) is 49.5 Å². The molecule has 0 spiro atoms. The lowest BCUT2D eigenvalue weighted by Gasteiger charge is -2.31. The summed E-state index contributed by atoms with van der Waals surface area (Å²) in [7, 11) is 0. The van der Waals surface area contributed by atoms with Gasteiger partial charge in [-0.15, -0.1) is 0 Å². The van der Waals surface area contributed by atoms with Crippen LogP contribution in [0.25, 0.3) is 0 Å². The van der Waals surface area contributed by atoms with E-state index >= 15 is 0 Å². The number of likely N-dealkylation sites (tertiary alicyclic amines) is 1. The summed E-state index contributed by atoms with van der Waals surface area (Å²) in [6.07, 6.45) is 6.29. The molecule has 1 atom stereocenters. The van der Waals surface area contributed by atoms with E-state index in [1.165, 1.54) is 37.8 Å². The van der Waals surface area contributed by atoms with Crippen LogP contribution in [0.1, 0.15) is 43.6 Å². The average Bonchev–Trinajstić information content (AvgIpc) is 2.86. The summed E-state index contributed by atoms with van der Waals surface area (Å²) in [4.78, 5) is 2.46. The molecule has 104 valence electrons. The summed E-state index contributed by atoms with van der Waals surface area (Å²) in [5, 5.41) is 9.58.